The number of halogens is 2. The van der Waals surface area contributed by atoms with Gasteiger partial charge in [-0.05, 0) is 62.8 Å². The summed E-state index contributed by atoms with van der Waals surface area (Å²) in [7, 11) is 0. The van der Waals surface area contributed by atoms with Crippen molar-refractivity contribution < 1.29 is 13.5 Å². The second-order valence-electron chi connectivity index (χ2n) is 5.67. The number of hydrogen-bond acceptors (Lipinski definition) is 2. The molecule has 2 nitrogen and oxygen atoms in total. The topological polar surface area (TPSA) is 21.3 Å². The van der Waals surface area contributed by atoms with Crippen molar-refractivity contribution in [1.29, 1.82) is 0 Å². The van der Waals surface area contributed by atoms with Gasteiger partial charge in [0, 0.05) is 6.04 Å². The Kier molecular flexibility index (Phi) is 5.77. The van der Waals surface area contributed by atoms with Crippen molar-refractivity contribution in [2.24, 2.45) is 5.92 Å². The van der Waals surface area contributed by atoms with Crippen LogP contribution in [0.2, 0.25) is 0 Å². The maximum atomic E-state index is 12.0. The number of alkyl halides is 2. The summed E-state index contributed by atoms with van der Waals surface area (Å²) in [5.41, 5.74) is 1.16. The minimum absolute atomic E-state index is 0.222. The summed E-state index contributed by atoms with van der Waals surface area (Å²) in [6.07, 6.45) is 6.12. The molecule has 1 atom stereocenters. The van der Waals surface area contributed by atoms with Crippen LogP contribution in [0.15, 0.2) is 24.3 Å². The number of hydrogen-bond donors (Lipinski definition) is 1. The Hall–Kier alpha value is -1.16. The molecule has 1 aliphatic rings. The lowest BCUT2D eigenvalue weighted by Crippen LogP contribution is -2.34. The van der Waals surface area contributed by atoms with E-state index < -0.39 is 6.61 Å². The number of aryl methyl sites for hydroxylation is 1. The van der Waals surface area contributed by atoms with Gasteiger partial charge in [-0.2, -0.15) is 8.78 Å². The Morgan fingerprint density at radius 2 is 1.95 bits per heavy atom. The Bertz CT molecular complexity index is 390. The Labute approximate surface area is 119 Å². The molecule has 0 heterocycles. The summed E-state index contributed by atoms with van der Waals surface area (Å²) in [5.74, 6) is 1.10. The molecule has 1 aromatic rings. The summed E-state index contributed by atoms with van der Waals surface area (Å²) >= 11 is 0. The predicted octanol–water partition coefficient (Wildman–Crippen LogP) is 4.00. The number of benzene rings is 1. The fraction of sp³-hybridized carbons (Fsp3) is 0.625. The van der Waals surface area contributed by atoms with Gasteiger partial charge in [0.2, 0.25) is 0 Å². The number of nitrogens with one attached hydrogen (secondary N) is 1. The number of ether oxygens (including phenoxy) is 1. The maximum absolute atomic E-state index is 12.0. The van der Waals surface area contributed by atoms with Crippen molar-refractivity contribution in [3.63, 3.8) is 0 Å². The molecule has 1 saturated carbocycles. The monoisotopic (exact) mass is 283 g/mol. The fourth-order valence-electron chi connectivity index (χ4n) is 2.39. The normalized spacial score (nSPS) is 17.0. The maximum Gasteiger partial charge on any atom is 0.387 e. The highest BCUT2D eigenvalue weighted by atomic mass is 19.3. The molecule has 1 unspecified atom stereocenters. The standard InChI is InChI=1S/C16H23F2NO/c1-12(19-11-14-3-2-4-14)5-6-13-7-9-15(10-8-13)20-16(17)18/h7-10,12,14,16,19H,2-6,11H2,1H3. The van der Waals surface area contributed by atoms with Crippen LogP contribution >= 0.6 is 0 Å². The van der Waals surface area contributed by atoms with Crippen molar-refractivity contribution in [3.8, 4) is 5.75 Å². The van der Waals surface area contributed by atoms with E-state index in [-0.39, 0.29) is 5.75 Å². The third-order valence-electron chi connectivity index (χ3n) is 3.99. The van der Waals surface area contributed by atoms with Crippen LogP contribution in [-0.4, -0.2) is 19.2 Å². The third-order valence-corrected chi connectivity index (χ3v) is 3.99. The highest BCUT2D eigenvalue weighted by molar-refractivity contribution is 5.27. The van der Waals surface area contributed by atoms with Gasteiger partial charge in [-0.3, -0.25) is 0 Å². The summed E-state index contributed by atoms with van der Waals surface area (Å²) in [6, 6.07) is 7.42. The van der Waals surface area contributed by atoms with E-state index in [1.54, 1.807) is 12.1 Å². The van der Waals surface area contributed by atoms with Crippen LogP contribution in [0, 0.1) is 5.92 Å². The molecule has 0 spiro atoms. The highest BCUT2D eigenvalue weighted by Gasteiger charge is 2.17. The molecule has 1 fully saturated rings. The average Bonchev–Trinajstić information content (AvgIpc) is 2.35. The molecule has 1 aromatic carbocycles. The second kappa shape index (κ2) is 7.58. The van der Waals surface area contributed by atoms with E-state index in [0.717, 1.165) is 30.9 Å². The van der Waals surface area contributed by atoms with Gasteiger partial charge in [-0.15, -0.1) is 0 Å². The van der Waals surface area contributed by atoms with Crippen LogP contribution in [0.1, 0.15) is 38.2 Å². The van der Waals surface area contributed by atoms with E-state index >= 15 is 0 Å². The fourth-order valence-corrected chi connectivity index (χ4v) is 2.39. The zero-order chi connectivity index (χ0) is 14.4. The number of rotatable bonds is 8. The first-order valence-corrected chi connectivity index (χ1v) is 7.40. The van der Waals surface area contributed by atoms with Gasteiger partial charge in [0.25, 0.3) is 0 Å². The molecule has 20 heavy (non-hydrogen) atoms. The Balaban J connectivity index is 1.67. The molecule has 2 rings (SSSR count). The second-order valence-corrected chi connectivity index (χ2v) is 5.67. The van der Waals surface area contributed by atoms with E-state index in [0.29, 0.717) is 6.04 Å². The zero-order valence-corrected chi connectivity index (χ0v) is 11.9. The van der Waals surface area contributed by atoms with E-state index in [2.05, 4.69) is 17.0 Å². The van der Waals surface area contributed by atoms with Gasteiger partial charge < -0.3 is 10.1 Å². The van der Waals surface area contributed by atoms with E-state index in [9.17, 15) is 8.78 Å². The quantitative estimate of drug-likeness (QED) is 0.778. The van der Waals surface area contributed by atoms with Crippen molar-refractivity contribution in [2.45, 2.75) is 51.7 Å². The van der Waals surface area contributed by atoms with Crippen molar-refractivity contribution in [2.75, 3.05) is 6.54 Å². The summed E-state index contributed by atoms with van der Waals surface area (Å²) < 4.78 is 28.4. The van der Waals surface area contributed by atoms with Crippen LogP contribution in [0.3, 0.4) is 0 Å². The molecule has 0 saturated heterocycles. The van der Waals surface area contributed by atoms with Gasteiger partial charge in [-0.25, -0.2) is 0 Å². The molecule has 0 aromatic heterocycles. The molecular formula is C16H23F2NO. The van der Waals surface area contributed by atoms with Gasteiger partial charge in [0.1, 0.15) is 5.75 Å². The van der Waals surface area contributed by atoms with E-state index in [4.69, 9.17) is 0 Å². The molecule has 1 aliphatic carbocycles. The highest BCUT2D eigenvalue weighted by Crippen LogP contribution is 2.25. The van der Waals surface area contributed by atoms with Gasteiger partial charge in [-0.1, -0.05) is 18.6 Å². The molecule has 4 heteroatoms. The largest absolute Gasteiger partial charge is 0.435 e. The van der Waals surface area contributed by atoms with Crippen molar-refractivity contribution >= 4 is 0 Å². The molecular weight excluding hydrogens is 260 g/mol. The van der Waals surface area contributed by atoms with Crippen LogP contribution < -0.4 is 10.1 Å². The molecule has 1 N–H and O–H groups in total. The molecule has 0 amide bonds. The van der Waals surface area contributed by atoms with E-state index in [1.165, 1.54) is 19.3 Å². The minimum Gasteiger partial charge on any atom is -0.435 e. The Morgan fingerprint density at radius 1 is 1.25 bits per heavy atom. The lowest BCUT2D eigenvalue weighted by atomic mass is 9.85. The third kappa shape index (κ3) is 5.08. The average molecular weight is 283 g/mol. The van der Waals surface area contributed by atoms with Gasteiger partial charge >= 0.3 is 6.61 Å². The van der Waals surface area contributed by atoms with E-state index in [1.807, 2.05) is 12.1 Å². The summed E-state index contributed by atoms with van der Waals surface area (Å²) in [4.78, 5) is 0. The summed E-state index contributed by atoms with van der Waals surface area (Å²) in [6.45, 7) is 0.575. The first kappa shape index (κ1) is 15.2. The van der Waals surface area contributed by atoms with Crippen molar-refractivity contribution in [1.82, 2.24) is 5.32 Å². The molecule has 112 valence electrons. The van der Waals surface area contributed by atoms with Crippen LogP contribution in [-0.2, 0) is 6.42 Å². The van der Waals surface area contributed by atoms with Crippen molar-refractivity contribution in [3.05, 3.63) is 29.8 Å². The summed E-state index contributed by atoms with van der Waals surface area (Å²) in [5, 5.41) is 3.57. The molecule has 0 bridgehead atoms. The predicted molar refractivity (Wildman–Crippen MR) is 76.2 cm³/mol. The first-order chi connectivity index (χ1) is 9.63. The van der Waals surface area contributed by atoms with Crippen LogP contribution in [0.4, 0.5) is 8.78 Å². The smallest absolute Gasteiger partial charge is 0.387 e. The van der Waals surface area contributed by atoms with Gasteiger partial charge in [0.05, 0.1) is 0 Å². The first-order valence-electron chi connectivity index (χ1n) is 7.40. The van der Waals surface area contributed by atoms with Gasteiger partial charge in [0.15, 0.2) is 0 Å². The lowest BCUT2D eigenvalue weighted by molar-refractivity contribution is -0.0498. The Morgan fingerprint density at radius 3 is 2.50 bits per heavy atom. The SMILES string of the molecule is CC(CCc1ccc(OC(F)F)cc1)NCC1CCC1. The lowest BCUT2D eigenvalue weighted by Gasteiger charge is -2.27. The van der Waals surface area contributed by atoms with Crippen LogP contribution in [0.5, 0.6) is 5.75 Å². The molecule has 0 radical (unpaired) electrons. The minimum atomic E-state index is -2.75. The van der Waals surface area contributed by atoms with Crippen LogP contribution in [0.25, 0.3) is 0 Å². The molecule has 0 aliphatic heterocycles. The zero-order valence-electron chi connectivity index (χ0n) is 11.9.